The Hall–Kier alpha value is -0.410. The van der Waals surface area contributed by atoms with Gasteiger partial charge in [0.05, 0.1) is 6.54 Å². The highest BCUT2D eigenvalue weighted by Gasteiger charge is 2.09. The van der Waals surface area contributed by atoms with Crippen LogP contribution in [0.1, 0.15) is 29.1 Å². The van der Waals surface area contributed by atoms with Crippen LogP contribution in [0.2, 0.25) is 0 Å². The zero-order chi connectivity index (χ0) is 14.2. The third kappa shape index (κ3) is 6.92. The molecule has 5 nitrogen and oxygen atoms in total. The normalized spacial score (nSPS) is 16.4. The van der Waals surface area contributed by atoms with E-state index in [4.69, 9.17) is 0 Å². The van der Waals surface area contributed by atoms with Crippen LogP contribution in [-0.2, 0) is 6.54 Å². The Morgan fingerprint density at radius 1 is 1.33 bits per heavy atom. The molecule has 0 bridgehead atoms. The summed E-state index contributed by atoms with van der Waals surface area (Å²) >= 11 is 1.72. The first-order valence-corrected chi connectivity index (χ1v) is 8.18. The van der Waals surface area contributed by atoms with E-state index in [9.17, 15) is 0 Å². The molecule has 1 saturated heterocycles. The van der Waals surface area contributed by atoms with Crippen molar-refractivity contribution in [2.24, 2.45) is 4.99 Å². The van der Waals surface area contributed by atoms with E-state index >= 15 is 0 Å². The molecular weight excluding hydrogens is 397 g/mol. The highest BCUT2D eigenvalue weighted by atomic mass is 127. The lowest BCUT2D eigenvalue weighted by Crippen LogP contribution is -2.42. The monoisotopic (exact) mass is 423 g/mol. The van der Waals surface area contributed by atoms with Crippen molar-refractivity contribution in [3.05, 3.63) is 16.1 Å². The summed E-state index contributed by atoms with van der Waals surface area (Å²) in [4.78, 5) is 12.4. The van der Waals surface area contributed by atoms with E-state index in [1.807, 2.05) is 13.2 Å². The first-order valence-electron chi connectivity index (χ1n) is 7.36. The summed E-state index contributed by atoms with van der Waals surface area (Å²) in [6, 6.07) is 0. The predicted octanol–water partition coefficient (Wildman–Crippen LogP) is 2.22. The Bertz CT molecular complexity index is 429. The van der Waals surface area contributed by atoms with E-state index in [2.05, 4.69) is 32.4 Å². The Morgan fingerprint density at radius 2 is 2.10 bits per heavy atom. The van der Waals surface area contributed by atoms with Crippen LogP contribution in [0.4, 0.5) is 0 Å². The third-order valence-corrected chi connectivity index (χ3v) is 4.38. The first kappa shape index (κ1) is 18.6. The van der Waals surface area contributed by atoms with Crippen LogP contribution in [-0.4, -0.2) is 49.1 Å². The number of halogens is 1. The third-order valence-electron chi connectivity index (χ3n) is 3.47. The Kier molecular flexibility index (Phi) is 9.18. The molecule has 2 rings (SSSR count). The topological polar surface area (TPSA) is 52.6 Å². The molecule has 1 aliphatic rings. The highest BCUT2D eigenvalue weighted by Crippen LogP contribution is 2.10. The Morgan fingerprint density at radius 3 is 2.71 bits per heavy atom. The van der Waals surface area contributed by atoms with E-state index in [1.54, 1.807) is 11.3 Å². The quantitative estimate of drug-likeness (QED) is 0.433. The van der Waals surface area contributed by atoms with Gasteiger partial charge in [0, 0.05) is 31.2 Å². The van der Waals surface area contributed by atoms with Gasteiger partial charge in [-0.05, 0) is 32.9 Å². The van der Waals surface area contributed by atoms with Gasteiger partial charge in [0.1, 0.15) is 5.01 Å². The number of aromatic nitrogens is 1. The smallest absolute Gasteiger partial charge is 0.191 e. The molecule has 2 N–H and O–H groups in total. The lowest BCUT2D eigenvalue weighted by Gasteiger charge is -2.26. The summed E-state index contributed by atoms with van der Waals surface area (Å²) in [6.07, 6.45) is 5.99. The molecule has 0 atom stereocenters. The lowest BCUT2D eigenvalue weighted by atomic mass is 10.1. The van der Waals surface area contributed by atoms with E-state index in [0.29, 0.717) is 0 Å². The molecule has 0 saturated carbocycles. The van der Waals surface area contributed by atoms with Gasteiger partial charge in [0.25, 0.3) is 0 Å². The van der Waals surface area contributed by atoms with Crippen molar-refractivity contribution in [2.75, 3.05) is 33.2 Å². The van der Waals surface area contributed by atoms with Gasteiger partial charge in [-0.2, -0.15) is 0 Å². The van der Waals surface area contributed by atoms with E-state index in [1.165, 1.54) is 37.2 Å². The number of piperidine rings is 1. The molecule has 7 heteroatoms. The molecule has 2 heterocycles. The average molecular weight is 423 g/mol. The van der Waals surface area contributed by atoms with Gasteiger partial charge < -0.3 is 15.5 Å². The molecule has 120 valence electrons. The number of aryl methyl sites for hydroxylation is 1. The largest absolute Gasteiger partial charge is 0.355 e. The lowest BCUT2D eigenvalue weighted by molar-refractivity contribution is 0.232. The van der Waals surface area contributed by atoms with E-state index < -0.39 is 0 Å². The number of aliphatic imine (C=N–C) groups is 1. The fourth-order valence-electron chi connectivity index (χ4n) is 2.38. The van der Waals surface area contributed by atoms with Crippen LogP contribution in [0.25, 0.3) is 0 Å². The SMILES string of the molecule is CN=C(NCCN1CCCCC1)NCc1ncc(C)s1.I. The van der Waals surface area contributed by atoms with E-state index in [0.717, 1.165) is 30.6 Å². The minimum atomic E-state index is 0. The molecule has 1 aromatic heterocycles. The standard InChI is InChI=1S/C14H25N5S.HI/c1-12-10-17-13(20-12)11-18-14(15-2)16-6-9-19-7-4-3-5-8-19;/h10H,3-9,11H2,1-2H3,(H2,15,16,18);1H. The van der Waals surface area contributed by atoms with Crippen LogP contribution in [0, 0.1) is 6.92 Å². The molecular formula is C14H26IN5S. The van der Waals surface area contributed by atoms with Gasteiger partial charge >= 0.3 is 0 Å². The van der Waals surface area contributed by atoms with Crippen LogP contribution in [0.3, 0.4) is 0 Å². The van der Waals surface area contributed by atoms with Gasteiger partial charge in [-0.25, -0.2) is 4.98 Å². The molecule has 0 aliphatic carbocycles. The van der Waals surface area contributed by atoms with E-state index in [-0.39, 0.29) is 24.0 Å². The van der Waals surface area contributed by atoms with Crippen molar-refractivity contribution >= 4 is 41.3 Å². The second kappa shape index (κ2) is 10.3. The Balaban J connectivity index is 0.00000220. The number of hydrogen-bond acceptors (Lipinski definition) is 4. The minimum absolute atomic E-state index is 0. The van der Waals surface area contributed by atoms with Gasteiger partial charge in [0.2, 0.25) is 0 Å². The number of guanidine groups is 1. The van der Waals surface area contributed by atoms with Crippen LogP contribution >= 0.6 is 35.3 Å². The molecule has 0 aromatic carbocycles. The van der Waals surface area contributed by atoms with Gasteiger partial charge in [-0.1, -0.05) is 6.42 Å². The summed E-state index contributed by atoms with van der Waals surface area (Å²) < 4.78 is 0. The number of thiazole rings is 1. The van der Waals surface area contributed by atoms with Crippen molar-refractivity contribution in [3.63, 3.8) is 0 Å². The van der Waals surface area contributed by atoms with Crippen molar-refractivity contribution in [3.8, 4) is 0 Å². The van der Waals surface area contributed by atoms with Crippen LogP contribution in [0.15, 0.2) is 11.2 Å². The molecule has 1 aliphatic heterocycles. The Labute approximate surface area is 148 Å². The summed E-state index contributed by atoms with van der Waals surface area (Å²) in [5.74, 6) is 0.856. The molecule has 0 radical (unpaired) electrons. The maximum absolute atomic E-state index is 4.34. The molecule has 0 amide bonds. The molecule has 0 spiro atoms. The predicted molar refractivity (Wildman–Crippen MR) is 101 cm³/mol. The zero-order valence-electron chi connectivity index (χ0n) is 12.9. The minimum Gasteiger partial charge on any atom is -0.355 e. The van der Waals surface area contributed by atoms with Crippen LogP contribution < -0.4 is 10.6 Å². The van der Waals surface area contributed by atoms with Crippen molar-refractivity contribution in [1.82, 2.24) is 20.5 Å². The number of nitrogens with zero attached hydrogens (tertiary/aromatic N) is 3. The summed E-state index contributed by atoms with van der Waals surface area (Å²) in [5, 5.41) is 7.77. The van der Waals surface area contributed by atoms with Crippen molar-refractivity contribution in [2.45, 2.75) is 32.7 Å². The second-order valence-corrected chi connectivity index (χ2v) is 6.44. The van der Waals surface area contributed by atoms with Crippen LogP contribution in [0.5, 0.6) is 0 Å². The summed E-state index contributed by atoms with van der Waals surface area (Å²) in [7, 11) is 1.81. The highest BCUT2D eigenvalue weighted by molar-refractivity contribution is 14.0. The fraction of sp³-hybridized carbons (Fsp3) is 0.714. The number of rotatable bonds is 5. The second-order valence-electron chi connectivity index (χ2n) is 5.12. The summed E-state index contributed by atoms with van der Waals surface area (Å²) in [6.45, 7) is 7.33. The van der Waals surface area contributed by atoms with Gasteiger partial charge in [0.15, 0.2) is 5.96 Å². The molecule has 1 fully saturated rings. The first-order chi connectivity index (χ1) is 9.78. The average Bonchev–Trinajstić information content (AvgIpc) is 2.89. The fourth-order valence-corrected chi connectivity index (χ4v) is 3.11. The molecule has 0 unspecified atom stereocenters. The van der Waals surface area contributed by atoms with Gasteiger partial charge in [-0.3, -0.25) is 4.99 Å². The maximum atomic E-state index is 4.34. The maximum Gasteiger partial charge on any atom is 0.191 e. The van der Waals surface area contributed by atoms with Crippen molar-refractivity contribution < 1.29 is 0 Å². The molecule has 21 heavy (non-hydrogen) atoms. The number of nitrogens with one attached hydrogen (secondary N) is 2. The molecule has 1 aromatic rings. The number of likely N-dealkylation sites (tertiary alicyclic amines) is 1. The summed E-state index contributed by atoms with van der Waals surface area (Å²) in [5.41, 5.74) is 0. The van der Waals surface area contributed by atoms with Gasteiger partial charge in [-0.15, -0.1) is 35.3 Å². The number of hydrogen-bond donors (Lipinski definition) is 2. The zero-order valence-corrected chi connectivity index (χ0v) is 16.0. The van der Waals surface area contributed by atoms with Crippen molar-refractivity contribution in [1.29, 1.82) is 0 Å².